The zero-order valence-corrected chi connectivity index (χ0v) is 58.6. The molecule has 3 aromatic carbocycles. The second-order valence-corrected chi connectivity index (χ2v) is 18.1. The van der Waals surface area contributed by atoms with E-state index in [1.165, 1.54) is 21.3 Å². The minimum Gasteiger partial charge on any atom is -0.508 e. The lowest BCUT2D eigenvalue weighted by molar-refractivity contribution is -0.152. The number of ether oxygens (including phenoxy) is 3. The van der Waals surface area contributed by atoms with Crippen LogP contribution in [0, 0.1) is 16.2 Å². The van der Waals surface area contributed by atoms with Crippen LogP contribution in [0.4, 0.5) is 0 Å². The maximum atomic E-state index is 11.6. The van der Waals surface area contributed by atoms with Gasteiger partial charge in [-0.25, -0.2) is 0 Å². The minimum atomic E-state index is -0.494. The Kier molecular flexibility index (Phi) is 97.4. The molecular weight excluding hydrogens is 1020 g/mol. The number of esters is 3. The molecule has 3 N–H and O–H groups in total. The van der Waals surface area contributed by atoms with Gasteiger partial charge in [0, 0.05) is 0 Å². The Balaban J connectivity index is -0.0000000717. The Bertz CT molecular complexity index is 1610. The molecule has 0 saturated carbocycles. The van der Waals surface area contributed by atoms with Crippen molar-refractivity contribution in [3.05, 3.63) is 178 Å². The van der Waals surface area contributed by atoms with E-state index in [-0.39, 0.29) is 52.9 Å². The summed E-state index contributed by atoms with van der Waals surface area (Å²) in [5, 5.41) is 27.7. The van der Waals surface area contributed by atoms with Crippen molar-refractivity contribution in [3.63, 3.8) is 0 Å². The average Bonchev–Trinajstić information content (AvgIpc) is 3.45. The lowest BCUT2D eigenvalue weighted by atomic mass is 9.81. The normalized spacial score (nSPS) is 9.67. The molecule has 0 spiro atoms. The van der Waals surface area contributed by atoms with Crippen molar-refractivity contribution in [2.24, 2.45) is 16.2 Å². The Morgan fingerprint density at radius 2 is 0.463 bits per heavy atom. The standard InChI is InChI=1S/3C14H20O3.7C3H6.5C2H6/c3*1-10(9-14(2,3)13(16)17-4)11-5-7-12(15)8-6-11;7*1-3-2;5*1-2/h3*5-8,10,15H,9H2,1-4H3;7*3H,1H2,2H3;5*1-2H3. The van der Waals surface area contributed by atoms with Gasteiger partial charge < -0.3 is 29.5 Å². The van der Waals surface area contributed by atoms with Gasteiger partial charge in [-0.05, 0) is 180 Å². The molecule has 0 aliphatic rings. The van der Waals surface area contributed by atoms with Crippen LogP contribution >= 0.6 is 0 Å². The van der Waals surface area contributed by atoms with E-state index in [1.807, 2.05) is 196 Å². The number of hydrogen-bond acceptors (Lipinski definition) is 9. The molecule has 0 amide bonds. The number of carbonyl (C=O) groups excluding carboxylic acids is 3. The van der Waals surface area contributed by atoms with Crippen LogP contribution < -0.4 is 0 Å². The molecule has 0 aliphatic heterocycles. The van der Waals surface area contributed by atoms with Gasteiger partial charge in [0.1, 0.15) is 17.2 Å². The second kappa shape index (κ2) is 76.7. The highest BCUT2D eigenvalue weighted by molar-refractivity contribution is 5.76. The van der Waals surface area contributed by atoms with Crippen LogP contribution in [0.5, 0.6) is 17.2 Å². The topological polar surface area (TPSA) is 140 Å². The number of phenols is 3. The number of methoxy groups -OCH3 is 3. The van der Waals surface area contributed by atoms with E-state index in [2.05, 4.69) is 66.8 Å². The van der Waals surface area contributed by atoms with Crippen LogP contribution in [0.15, 0.2) is 161 Å². The Hall–Kier alpha value is -6.35. The van der Waals surface area contributed by atoms with E-state index in [4.69, 9.17) is 14.2 Å². The molecule has 0 bridgehead atoms. The number of rotatable bonds is 12. The van der Waals surface area contributed by atoms with Crippen molar-refractivity contribution in [2.75, 3.05) is 21.3 Å². The monoisotopic (exact) mass is 1150 g/mol. The summed E-state index contributed by atoms with van der Waals surface area (Å²) < 4.78 is 14.4. The molecule has 0 aliphatic carbocycles. The number of phenolic OH excluding ortho intramolecular Hbond substituents is 3. The fourth-order valence-corrected chi connectivity index (χ4v) is 6.14. The number of hydrogen-bond donors (Lipinski definition) is 3. The molecule has 0 aromatic heterocycles. The van der Waals surface area contributed by atoms with Gasteiger partial charge in [-0.15, -0.1) is 46.1 Å². The Labute approximate surface area is 509 Å². The highest BCUT2D eigenvalue weighted by Crippen LogP contribution is 2.35. The van der Waals surface area contributed by atoms with E-state index >= 15 is 0 Å². The molecule has 0 heterocycles. The van der Waals surface area contributed by atoms with Gasteiger partial charge >= 0.3 is 17.9 Å². The molecule has 3 atom stereocenters. The summed E-state index contributed by atoms with van der Waals surface area (Å²) in [7, 11) is 4.24. The molecule has 9 nitrogen and oxygen atoms in total. The van der Waals surface area contributed by atoms with Crippen molar-refractivity contribution < 1.29 is 43.9 Å². The summed E-state index contributed by atoms with van der Waals surface area (Å²) in [4.78, 5) is 34.8. The molecule has 0 fully saturated rings. The molecule has 3 rings (SSSR count). The van der Waals surface area contributed by atoms with Crippen LogP contribution in [0.1, 0.15) is 234 Å². The minimum absolute atomic E-state index is 0.192. The van der Waals surface area contributed by atoms with E-state index in [1.54, 1.807) is 78.9 Å². The molecule has 82 heavy (non-hydrogen) atoms. The maximum Gasteiger partial charge on any atom is 0.311 e. The third-order valence-corrected chi connectivity index (χ3v) is 9.05. The number of benzene rings is 3. The molecule has 0 saturated heterocycles. The summed E-state index contributed by atoms with van der Waals surface area (Å²) in [6.45, 7) is 74.3. The van der Waals surface area contributed by atoms with Gasteiger partial charge in [0.25, 0.3) is 0 Å². The fraction of sp³-hybridized carbons (Fsp3) is 0.521. The molecule has 478 valence electrons. The fourth-order valence-electron chi connectivity index (χ4n) is 6.14. The molecule has 0 radical (unpaired) electrons. The lowest BCUT2D eigenvalue weighted by Gasteiger charge is -2.25. The van der Waals surface area contributed by atoms with Crippen molar-refractivity contribution in [1.29, 1.82) is 0 Å². The van der Waals surface area contributed by atoms with Crippen LogP contribution in [0.25, 0.3) is 0 Å². The molecular formula is C73H132O9. The summed E-state index contributed by atoms with van der Waals surface area (Å²) >= 11 is 0. The predicted molar refractivity (Wildman–Crippen MR) is 369 cm³/mol. The van der Waals surface area contributed by atoms with Gasteiger partial charge in [0.05, 0.1) is 37.6 Å². The smallest absolute Gasteiger partial charge is 0.311 e. The quantitative estimate of drug-likeness (QED) is 0.0919. The van der Waals surface area contributed by atoms with Gasteiger partial charge in [-0.3, -0.25) is 14.4 Å². The SMILES string of the molecule is C=CC.C=CC.C=CC.C=CC.C=CC.C=CC.C=CC.CC.CC.CC.CC.CC.COC(=O)C(C)(C)CC(C)c1ccc(O)cc1.COC(=O)C(C)(C)CC(C)c1ccc(O)cc1.COC(=O)C(C)(C)CC(C)c1ccc(O)cc1. The first-order chi connectivity index (χ1) is 38.5. The van der Waals surface area contributed by atoms with Crippen molar-refractivity contribution in [1.82, 2.24) is 0 Å². The predicted octanol–water partition coefficient (Wildman–Crippen LogP) is 22.7. The summed E-state index contributed by atoms with van der Waals surface area (Å²) in [6, 6.07) is 21.3. The van der Waals surface area contributed by atoms with Crippen molar-refractivity contribution in [2.45, 2.75) is 217 Å². The molecule has 3 unspecified atom stereocenters. The van der Waals surface area contributed by atoms with Gasteiger partial charge in [-0.2, -0.15) is 0 Å². The number of carbonyl (C=O) groups is 3. The average molecular weight is 1150 g/mol. The van der Waals surface area contributed by atoms with Crippen LogP contribution in [0.3, 0.4) is 0 Å². The van der Waals surface area contributed by atoms with Crippen molar-refractivity contribution >= 4 is 17.9 Å². The molecule has 3 aromatic rings. The first kappa shape index (κ1) is 104. The first-order valence-corrected chi connectivity index (χ1v) is 29.1. The van der Waals surface area contributed by atoms with Crippen LogP contribution in [-0.4, -0.2) is 54.6 Å². The van der Waals surface area contributed by atoms with E-state index in [0.29, 0.717) is 19.3 Å². The summed E-state index contributed by atoms with van der Waals surface area (Å²) in [6.07, 6.45) is 14.4. The highest BCUT2D eigenvalue weighted by Gasteiger charge is 2.33. The second-order valence-electron chi connectivity index (χ2n) is 18.1. The summed E-state index contributed by atoms with van der Waals surface area (Å²) in [5.41, 5.74) is 1.85. The van der Waals surface area contributed by atoms with Crippen LogP contribution in [0.2, 0.25) is 0 Å². The third kappa shape index (κ3) is 69.8. The van der Waals surface area contributed by atoms with E-state index < -0.39 is 16.2 Å². The zero-order valence-electron chi connectivity index (χ0n) is 58.6. The molecule has 9 heteroatoms. The van der Waals surface area contributed by atoms with Crippen molar-refractivity contribution in [3.8, 4) is 17.2 Å². The number of aromatic hydroxyl groups is 3. The third-order valence-electron chi connectivity index (χ3n) is 9.05. The Morgan fingerprint density at radius 1 is 0.354 bits per heavy atom. The zero-order chi connectivity index (χ0) is 68.1. The van der Waals surface area contributed by atoms with E-state index in [0.717, 1.165) is 16.7 Å². The largest absolute Gasteiger partial charge is 0.508 e. The van der Waals surface area contributed by atoms with Crippen LogP contribution in [-0.2, 0) is 28.6 Å². The highest BCUT2D eigenvalue weighted by atomic mass is 16.5. The first-order valence-electron chi connectivity index (χ1n) is 29.1. The Morgan fingerprint density at radius 3 is 0.561 bits per heavy atom. The number of allylic oxidation sites excluding steroid dienone is 7. The lowest BCUT2D eigenvalue weighted by Crippen LogP contribution is -2.27. The van der Waals surface area contributed by atoms with Gasteiger partial charge in [0.2, 0.25) is 0 Å². The summed E-state index contributed by atoms with van der Waals surface area (Å²) in [5.74, 6) is 0.919. The van der Waals surface area contributed by atoms with E-state index in [9.17, 15) is 29.7 Å². The maximum absolute atomic E-state index is 11.6. The van der Waals surface area contributed by atoms with Gasteiger partial charge in [-0.1, -0.05) is 169 Å². The van der Waals surface area contributed by atoms with Gasteiger partial charge in [0.15, 0.2) is 0 Å².